The molecule has 2 amide bonds. The lowest BCUT2D eigenvalue weighted by atomic mass is 10.1. The van der Waals surface area contributed by atoms with Gasteiger partial charge in [-0.25, -0.2) is 5.01 Å². The third-order valence-electron chi connectivity index (χ3n) is 3.79. The summed E-state index contributed by atoms with van der Waals surface area (Å²) in [5.74, 6) is 0.546. The Kier molecular flexibility index (Phi) is 3.77. The van der Waals surface area contributed by atoms with Crippen molar-refractivity contribution in [2.24, 2.45) is 4.99 Å². The molecule has 3 rings (SSSR count). The summed E-state index contributed by atoms with van der Waals surface area (Å²) in [6, 6.07) is 6.87. The fourth-order valence-corrected chi connectivity index (χ4v) is 2.47. The Hall–Kier alpha value is -2.83. The number of nitrogens with one attached hydrogen (secondary N) is 3. The van der Waals surface area contributed by atoms with E-state index in [9.17, 15) is 9.59 Å². The Morgan fingerprint density at radius 2 is 2.09 bits per heavy atom. The zero-order chi connectivity index (χ0) is 16.6. The number of guanidine groups is 1. The summed E-state index contributed by atoms with van der Waals surface area (Å²) in [5, 5.41) is 7.18. The van der Waals surface area contributed by atoms with Gasteiger partial charge in [-0.1, -0.05) is 18.2 Å². The van der Waals surface area contributed by atoms with E-state index in [1.54, 1.807) is 5.01 Å². The van der Waals surface area contributed by atoms with Gasteiger partial charge < -0.3 is 5.32 Å². The maximum Gasteiger partial charge on any atom is 0.249 e. The minimum absolute atomic E-state index is 0.0692. The van der Waals surface area contributed by atoms with Crippen molar-refractivity contribution in [3.8, 4) is 0 Å². The second kappa shape index (κ2) is 5.75. The number of hydrogen-bond donors (Lipinski definition) is 3. The summed E-state index contributed by atoms with van der Waals surface area (Å²) < 4.78 is 0. The van der Waals surface area contributed by atoms with Crippen LogP contribution in [0.3, 0.4) is 0 Å². The first kappa shape index (κ1) is 15.1. The SMILES string of the molecule is CC(C)=C1N=C2NC(=O)C[C@@H](C(=O)Nc3ccccc3C)N2N1. The van der Waals surface area contributed by atoms with E-state index in [4.69, 9.17) is 0 Å². The molecular weight excluding hydrogens is 294 g/mol. The van der Waals surface area contributed by atoms with Gasteiger partial charge in [0.15, 0.2) is 0 Å². The van der Waals surface area contributed by atoms with Crippen LogP contribution in [-0.4, -0.2) is 28.8 Å². The molecule has 0 saturated carbocycles. The molecule has 1 aromatic carbocycles. The molecule has 23 heavy (non-hydrogen) atoms. The average molecular weight is 313 g/mol. The van der Waals surface area contributed by atoms with Crippen molar-refractivity contribution in [1.82, 2.24) is 15.8 Å². The van der Waals surface area contributed by atoms with E-state index in [2.05, 4.69) is 21.1 Å². The number of aliphatic imine (C=N–C) groups is 1. The van der Waals surface area contributed by atoms with Crippen molar-refractivity contribution in [2.75, 3.05) is 5.32 Å². The Bertz CT molecular complexity index is 734. The minimum atomic E-state index is -0.654. The quantitative estimate of drug-likeness (QED) is 0.767. The molecule has 120 valence electrons. The van der Waals surface area contributed by atoms with Crippen LogP contribution in [0.25, 0.3) is 0 Å². The summed E-state index contributed by atoms with van der Waals surface area (Å²) in [6.45, 7) is 5.75. The Labute approximate surface area is 134 Å². The summed E-state index contributed by atoms with van der Waals surface area (Å²) in [7, 11) is 0. The lowest BCUT2D eigenvalue weighted by molar-refractivity contribution is -0.129. The number of nitrogens with zero attached hydrogens (tertiary/aromatic N) is 2. The van der Waals surface area contributed by atoms with E-state index in [-0.39, 0.29) is 18.2 Å². The van der Waals surface area contributed by atoms with Gasteiger partial charge in [-0.2, -0.15) is 4.99 Å². The molecule has 0 spiro atoms. The number of hydrazine groups is 1. The number of hydrogen-bond acceptors (Lipinski definition) is 5. The molecule has 1 fully saturated rings. The normalized spacial score (nSPS) is 19.5. The van der Waals surface area contributed by atoms with Crippen LogP contribution in [0.2, 0.25) is 0 Å². The summed E-state index contributed by atoms with van der Waals surface area (Å²) >= 11 is 0. The van der Waals surface area contributed by atoms with E-state index in [0.29, 0.717) is 11.8 Å². The number of allylic oxidation sites excluding steroid dienone is 1. The molecule has 0 bridgehead atoms. The molecule has 2 aliphatic rings. The number of amides is 2. The predicted octanol–water partition coefficient (Wildman–Crippen LogP) is 1.25. The van der Waals surface area contributed by atoms with E-state index in [1.807, 2.05) is 45.0 Å². The Balaban J connectivity index is 1.83. The van der Waals surface area contributed by atoms with Crippen molar-refractivity contribution < 1.29 is 9.59 Å². The van der Waals surface area contributed by atoms with Crippen LogP contribution >= 0.6 is 0 Å². The largest absolute Gasteiger partial charge is 0.324 e. The topological polar surface area (TPSA) is 85.8 Å². The van der Waals surface area contributed by atoms with E-state index in [0.717, 1.165) is 16.8 Å². The van der Waals surface area contributed by atoms with Gasteiger partial charge in [0.2, 0.25) is 17.8 Å². The number of aryl methyl sites for hydroxylation is 1. The highest BCUT2D eigenvalue weighted by atomic mass is 16.2. The van der Waals surface area contributed by atoms with Crippen LogP contribution in [0.15, 0.2) is 40.7 Å². The van der Waals surface area contributed by atoms with Crippen LogP contribution in [-0.2, 0) is 9.59 Å². The molecule has 0 aliphatic carbocycles. The van der Waals surface area contributed by atoms with Gasteiger partial charge in [0.25, 0.3) is 0 Å². The molecular formula is C16H19N5O2. The van der Waals surface area contributed by atoms with Gasteiger partial charge in [-0.3, -0.25) is 20.3 Å². The summed E-state index contributed by atoms with van der Waals surface area (Å²) in [5.41, 5.74) is 5.76. The third-order valence-corrected chi connectivity index (χ3v) is 3.79. The van der Waals surface area contributed by atoms with Crippen LogP contribution in [0, 0.1) is 6.92 Å². The van der Waals surface area contributed by atoms with Gasteiger partial charge in [0.1, 0.15) is 11.9 Å². The zero-order valence-corrected chi connectivity index (χ0v) is 13.3. The number of para-hydroxylation sites is 1. The maximum atomic E-state index is 12.6. The highest BCUT2D eigenvalue weighted by molar-refractivity contribution is 6.07. The van der Waals surface area contributed by atoms with E-state index in [1.165, 1.54) is 0 Å². The molecule has 0 radical (unpaired) electrons. The standard InChI is InChI=1S/C16H19N5O2/c1-9(2)14-19-16-18-13(22)8-12(21(16)20-14)15(23)17-11-7-5-4-6-10(11)3/h4-7,12,20H,8H2,1-3H3,(H,17,23)(H,18,19,22)/t12-/m0/s1. The lowest BCUT2D eigenvalue weighted by Crippen LogP contribution is -2.61. The maximum absolute atomic E-state index is 12.6. The van der Waals surface area contributed by atoms with Crippen LogP contribution in [0.5, 0.6) is 0 Å². The third kappa shape index (κ3) is 2.90. The fraction of sp³-hybridized carbons (Fsp3) is 0.312. The first-order valence-corrected chi connectivity index (χ1v) is 7.44. The number of carbonyl (C=O) groups excluding carboxylic acids is 2. The monoisotopic (exact) mass is 313 g/mol. The zero-order valence-electron chi connectivity index (χ0n) is 13.3. The number of rotatable bonds is 2. The van der Waals surface area contributed by atoms with Gasteiger partial charge in [0.05, 0.1) is 6.42 Å². The summed E-state index contributed by atoms with van der Waals surface area (Å²) in [6.07, 6.45) is 0.0692. The Morgan fingerprint density at radius 1 is 1.35 bits per heavy atom. The fourth-order valence-electron chi connectivity index (χ4n) is 2.47. The molecule has 2 heterocycles. The molecule has 1 aromatic rings. The molecule has 2 aliphatic heterocycles. The first-order valence-electron chi connectivity index (χ1n) is 7.44. The molecule has 3 N–H and O–H groups in total. The lowest BCUT2D eigenvalue weighted by Gasteiger charge is -2.32. The molecule has 7 heteroatoms. The molecule has 1 saturated heterocycles. The van der Waals surface area contributed by atoms with E-state index < -0.39 is 6.04 Å². The van der Waals surface area contributed by atoms with Crippen LogP contribution in [0.1, 0.15) is 25.8 Å². The minimum Gasteiger partial charge on any atom is -0.324 e. The van der Waals surface area contributed by atoms with Crippen molar-refractivity contribution in [2.45, 2.75) is 33.2 Å². The number of benzene rings is 1. The second-order valence-electron chi connectivity index (χ2n) is 5.84. The second-order valence-corrected chi connectivity index (χ2v) is 5.84. The van der Waals surface area contributed by atoms with E-state index >= 15 is 0 Å². The Morgan fingerprint density at radius 3 is 2.78 bits per heavy atom. The van der Waals surface area contributed by atoms with Crippen molar-refractivity contribution in [1.29, 1.82) is 0 Å². The van der Waals surface area contributed by atoms with Crippen LogP contribution in [0.4, 0.5) is 5.69 Å². The molecule has 1 atom stereocenters. The average Bonchev–Trinajstić information content (AvgIpc) is 2.92. The van der Waals surface area contributed by atoms with Crippen LogP contribution < -0.4 is 16.1 Å². The van der Waals surface area contributed by atoms with Crippen molar-refractivity contribution >= 4 is 23.5 Å². The summed E-state index contributed by atoms with van der Waals surface area (Å²) in [4.78, 5) is 28.8. The van der Waals surface area contributed by atoms with Crippen molar-refractivity contribution in [3.63, 3.8) is 0 Å². The highest BCUT2D eigenvalue weighted by Gasteiger charge is 2.39. The van der Waals surface area contributed by atoms with Gasteiger partial charge in [-0.05, 0) is 38.0 Å². The first-order chi connectivity index (χ1) is 11.0. The number of fused-ring (bicyclic) bond motifs is 1. The van der Waals surface area contributed by atoms with Gasteiger partial charge in [-0.15, -0.1) is 0 Å². The highest BCUT2D eigenvalue weighted by Crippen LogP contribution is 2.20. The number of anilines is 1. The molecule has 0 aromatic heterocycles. The smallest absolute Gasteiger partial charge is 0.249 e. The predicted molar refractivity (Wildman–Crippen MR) is 87.1 cm³/mol. The van der Waals surface area contributed by atoms with Crippen molar-refractivity contribution in [3.05, 3.63) is 41.2 Å². The van der Waals surface area contributed by atoms with Gasteiger partial charge in [0, 0.05) is 5.69 Å². The number of carbonyl (C=O) groups is 2. The molecule has 7 nitrogen and oxygen atoms in total. The molecule has 0 unspecified atom stereocenters. The van der Waals surface area contributed by atoms with Gasteiger partial charge >= 0.3 is 0 Å².